The first-order valence-corrected chi connectivity index (χ1v) is 6.32. The lowest BCUT2D eigenvalue weighted by molar-refractivity contribution is 0.166. The van der Waals surface area contributed by atoms with Crippen molar-refractivity contribution in [3.05, 3.63) is 11.9 Å². The van der Waals surface area contributed by atoms with Crippen molar-refractivity contribution >= 4 is 5.96 Å². The minimum absolute atomic E-state index is 0.0260. The second kappa shape index (κ2) is 6.48. The molecule has 8 heteroatoms. The number of aliphatic imine (C=N–C) groups is 1. The first-order valence-electron chi connectivity index (χ1n) is 6.32. The van der Waals surface area contributed by atoms with Gasteiger partial charge < -0.3 is 20.5 Å². The van der Waals surface area contributed by atoms with E-state index in [4.69, 9.17) is 15.6 Å². The van der Waals surface area contributed by atoms with E-state index in [2.05, 4.69) is 15.3 Å². The highest BCUT2D eigenvalue weighted by Gasteiger charge is 2.29. The quantitative estimate of drug-likeness (QED) is 0.656. The molecule has 0 aliphatic carbocycles. The van der Waals surface area contributed by atoms with E-state index < -0.39 is 0 Å². The minimum Gasteiger partial charge on any atom is -0.396 e. The molecule has 1 aromatic heterocycles. The molecule has 19 heavy (non-hydrogen) atoms. The van der Waals surface area contributed by atoms with Crippen LogP contribution in [0.3, 0.4) is 0 Å². The van der Waals surface area contributed by atoms with Crippen LogP contribution in [0.15, 0.2) is 11.2 Å². The fourth-order valence-corrected chi connectivity index (χ4v) is 2.05. The van der Waals surface area contributed by atoms with Gasteiger partial charge >= 0.3 is 0 Å². The molecule has 0 bridgehead atoms. The summed E-state index contributed by atoms with van der Waals surface area (Å²) < 4.78 is 6.80. The molecule has 0 saturated heterocycles. The van der Waals surface area contributed by atoms with Crippen molar-refractivity contribution in [2.45, 2.75) is 19.0 Å². The van der Waals surface area contributed by atoms with E-state index in [0.29, 0.717) is 38.6 Å². The number of ether oxygens (including phenoxy) is 1. The molecule has 0 amide bonds. The summed E-state index contributed by atoms with van der Waals surface area (Å²) in [5.41, 5.74) is 6.71. The van der Waals surface area contributed by atoms with Crippen LogP contribution in [0, 0.1) is 0 Å². The molecule has 0 saturated carbocycles. The van der Waals surface area contributed by atoms with Gasteiger partial charge in [-0.15, -0.1) is 5.10 Å². The van der Waals surface area contributed by atoms with Gasteiger partial charge in [0, 0.05) is 26.8 Å². The van der Waals surface area contributed by atoms with E-state index in [1.807, 2.05) is 11.1 Å². The van der Waals surface area contributed by atoms with Gasteiger partial charge in [0.15, 0.2) is 5.96 Å². The molecule has 0 aromatic carbocycles. The van der Waals surface area contributed by atoms with Crippen LogP contribution >= 0.6 is 0 Å². The highest BCUT2D eigenvalue weighted by molar-refractivity contribution is 5.80. The second-order valence-electron chi connectivity index (χ2n) is 4.38. The van der Waals surface area contributed by atoms with Crippen LogP contribution in [0.1, 0.15) is 18.2 Å². The van der Waals surface area contributed by atoms with Gasteiger partial charge in [-0.05, 0) is 6.42 Å². The molecule has 1 aromatic rings. The van der Waals surface area contributed by atoms with Crippen LogP contribution in [0.4, 0.5) is 0 Å². The van der Waals surface area contributed by atoms with Crippen molar-refractivity contribution in [2.75, 3.05) is 33.4 Å². The number of aromatic nitrogens is 3. The van der Waals surface area contributed by atoms with Gasteiger partial charge in [0.2, 0.25) is 0 Å². The number of aliphatic hydroxyl groups excluding tert-OH is 1. The zero-order chi connectivity index (χ0) is 13.7. The average molecular weight is 268 g/mol. The number of hydrogen-bond acceptors (Lipinski definition) is 7. The van der Waals surface area contributed by atoms with Crippen LogP contribution < -0.4 is 5.73 Å². The number of methoxy groups -OCH3 is 1. The van der Waals surface area contributed by atoms with Gasteiger partial charge in [0.25, 0.3) is 0 Å². The maximum absolute atomic E-state index is 8.80. The monoisotopic (exact) mass is 268 g/mol. The van der Waals surface area contributed by atoms with Crippen LogP contribution in [0.25, 0.3) is 0 Å². The number of aliphatic hydroxyl groups is 1. The lowest BCUT2D eigenvalue weighted by atomic mass is 10.2. The molecule has 0 spiro atoms. The third-order valence-electron chi connectivity index (χ3n) is 3.08. The summed E-state index contributed by atoms with van der Waals surface area (Å²) in [6.45, 7) is 2.67. The summed E-state index contributed by atoms with van der Waals surface area (Å²) in [6, 6.07) is 0.0260. The van der Waals surface area contributed by atoms with E-state index in [9.17, 15) is 0 Å². The summed E-state index contributed by atoms with van der Waals surface area (Å²) in [5, 5.41) is 17.0. The Hall–Kier alpha value is -1.67. The van der Waals surface area contributed by atoms with Crippen molar-refractivity contribution in [3.63, 3.8) is 0 Å². The summed E-state index contributed by atoms with van der Waals surface area (Å²) in [7, 11) is 1.66. The molecular formula is C11H20N6O2. The SMILES string of the molecule is COCCN1C(N)=NCC1c1cn(CCCO)nn1. The smallest absolute Gasteiger partial charge is 0.192 e. The van der Waals surface area contributed by atoms with Crippen molar-refractivity contribution in [3.8, 4) is 0 Å². The van der Waals surface area contributed by atoms with Crippen molar-refractivity contribution < 1.29 is 9.84 Å². The van der Waals surface area contributed by atoms with Gasteiger partial charge in [-0.1, -0.05) is 5.21 Å². The fraction of sp³-hybridized carbons (Fsp3) is 0.727. The number of hydrogen-bond donors (Lipinski definition) is 2. The average Bonchev–Trinajstić information content (AvgIpc) is 3.01. The predicted octanol–water partition coefficient (Wildman–Crippen LogP) is -1.02. The highest BCUT2D eigenvalue weighted by Crippen LogP contribution is 2.23. The van der Waals surface area contributed by atoms with E-state index in [0.717, 1.165) is 5.69 Å². The largest absolute Gasteiger partial charge is 0.396 e. The van der Waals surface area contributed by atoms with Gasteiger partial charge in [-0.2, -0.15) is 0 Å². The molecule has 3 N–H and O–H groups in total. The topological polar surface area (TPSA) is 102 Å². The lowest BCUT2D eigenvalue weighted by Gasteiger charge is -2.24. The second-order valence-corrected chi connectivity index (χ2v) is 4.38. The molecule has 1 atom stereocenters. The maximum atomic E-state index is 8.80. The first kappa shape index (κ1) is 13.8. The molecule has 1 unspecified atom stereocenters. The van der Waals surface area contributed by atoms with Crippen molar-refractivity contribution in [1.29, 1.82) is 0 Å². The molecular weight excluding hydrogens is 248 g/mol. The molecule has 0 fully saturated rings. The Labute approximate surface area is 111 Å². The van der Waals surface area contributed by atoms with E-state index in [-0.39, 0.29) is 12.6 Å². The number of nitrogens with zero attached hydrogens (tertiary/aromatic N) is 5. The normalized spacial score (nSPS) is 18.9. The standard InChI is InChI=1S/C11H20N6O2/c1-19-6-4-17-10(7-13-11(17)12)9-8-16(15-14-9)3-2-5-18/h8,10,18H,2-7H2,1H3,(H2,12,13). The van der Waals surface area contributed by atoms with Crippen LogP contribution in [-0.2, 0) is 11.3 Å². The van der Waals surface area contributed by atoms with Gasteiger partial charge in [-0.3, -0.25) is 9.67 Å². The summed E-state index contributed by atoms with van der Waals surface area (Å²) in [5.74, 6) is 0.520. The van der Waals surface area contributed by atoms with Crippen LogP contribution in [0.2, 0.25) is 0 Å². The fourth-order valence-electron chi connectivity index (χ4n) is 2.05. The zero-order valence-corrected chi connectivity index (χ0v) is 11.1. The van der Waals surface area contributed by atoms with Gasteiger partial charge in [-0.25, -0.2) is 0 Å². The Morgan fingerprint density at radius 1 is 1.53 bits per heavy atom. The number of aryl methyl sites for hydroxylation is 1. The van der Waals surface area contributed by atoms with Gasteiger partial charge in [0.1, 0.15) is 5.69 Å². The number of nitrogens with two attached hydrogens (primary N) is 1. The Morgan fingerprint density at radius 3 is 3.11 bits per heavy atom. The van der Waals surface area contributed by atoms with Crippen LogP contribution in [0.5, 0.6) is 0 Å². The number of rotatable bonds is 7. The number of guanidine groups is 1. The predicted molar refractivity (Wildman–Crippen MR) is 69.5 cm³/mol. The molecule has 2 rings (SSSR count). The third kappa shape index (κ3) is 3.21. The summed E-state index contributed by atoms with van der Waals surface area (Å²) in [4.78, 5) is 6.22. The molecule has 2 heterocycles. The summed E-state index contributed by atoms with van der Waals surface area (Å²) in [6.07, 6.45) is 2.55. The van der Waals surface area contributed by atoms with Gasteiger partial charge in [0.05, 0.1) is 25.4 Å². The Bertz CT molecular complexity index is 433. The first-order chi connectivity index (χ1) is 9.26. The molecule has 0 radical (unpaired) electrons. The Balaban J connectivity index is 2.01. The van der Waals surface area contributed by atoms with E-state index in [1.54, 1.807) is 11.8 Å². The third-order valence-corrected chi connectivity index (χ3v) is 3.08. The van der Waals surface area contributed by atoms with E-state index in [1.165, 1.54) is 0 Å². The molecule has 8 nitrogen and oxygen atoms in total. The lowest BCUT2D eigenvalue weighted by Crippen LogP contribution is -2.38. The zero-order valence-electron chi connectivity index (χ0n) is 11.1. The minimum atomic E-state index is 0.0260. The van der Waals surface area contributed by atoms with Crippen LogP contribution in [-0.4, -0.2) is 64.4 Å². The highest BCUT2D eigenvalue weighted by atomic mass is 16.5. The molecule has 106 valence electrons. The Kier molecular flexibility index (Phi) is 4.69. The van der Waals surface area contributed by atoms with Crippen molar-refractivity contribution in [1.82, 2.24) is 19.9 Å². The maximum Gasteiger partial charge on any atom is 0.192 e. The van der Waals surface area contributed by atoms with Crippen molar-refractivity contribution in [2.24, 2.45) is 10.7 Å². The summed E-state index contributed by atoms with van der Waals surface area (Å²) >= 11 is 0. The molecule has 1 aliphatic rings. The Morgan fingerprint density at radius 2 is 2.37 bits per heavy atom. The molecule has 1 aliphatic heterocycles. The van der Waals surface area contributed by atoms with E-state index >= 15 is 0 Å².